The Hall–Kier alpha value is -1.57. The Morgan fingerprint density at radius 3 is 2.20 bits per heavy atom. The van der Waals surface area contributed by atoms with Crippen molar-refractivity contribution in [2.24, 2.45) is 0 Å². The van der Waals surface area contributed by atoms with E-state index in [-0.39, 0.29) is 12.1 Å². The number of hydrogen-bond donors (Lipinski definition) is 4. The molecule has 0 atom stereocenters. The van der Waals surface area contributed by atoms with Gasteiger partial charge in [-0.2, -0.15) is 0 Å². The maximum absolute atomic E-state index is 11.8. The first-order chi connectivity index (χ1) is 11.7. The second-order valence-electron chi connectivity index (χ2n) is 7.69. The van der Waals surface area contributed by atoms with E-state index < -0.39 is 12.7 Å². The largest absolute Gasteiger partial charge is 0.488 e. The monoisotopic (exact) mass is 348 g/mol. The Morgan fingerprint density at radius 1 is 1.12 bits per heavy atom. The van der Waals surface area contributed by atoms with E-state index >= 15 is 0 Å². The number of nitrogens with one attached hydrogen (secondary N) is 2. The fourth-order valence-electron chi connectivity index (χ4n) is 2.99. The van der Waals surface area contributed by atoms with Gasteiger partial charge in [-0.15, -0.1) is 0 Å². The summed E-state index contributed by atoms with van der Waals surface area (Å²) >= 11 is 0. The lowest BCUT2D eigenvalue weighted by Gasteiger charge is -2.30. The van der Waals surface area contributed by atoms with Crippen LogP contribution < -0.4 is 16.1 Å². The Labute approximate surface area is 150 Å². The number of amides is 1. The van der Waals surface area contributed by atoms with Gasteiger partial charge in [0.25, 0.3) is 0 Å². The summed E-state index contributed by atoms with van der Waals surface area (Å²) < 4.78 is 5.30. The van der Waals surface area contributed by atoms with Gasteiger partial charge in [0.15, 0.2) is 0 Å². The molecule has 0 saturated heterocycles. The second-order valence-corrected chi connectivity index (χ2v) is 7.69. The zero-order valence-corrected chi connectivity index (χ0v) is 15.3. The molecule has 0 spiro atoms. The predicted molar refractivity (Wildman–Crippen MR) is 98.5 cm³/mol. The van der Waals surface area contributed by atoms with Crippen LogP contribution in [0.15, 0.2) is 24.3 Å². The Bertz CT molecular complexity index is 549. The molecule has 1 fully saturated rings. The van der Waals surface area contributed by atoms with Crippen LogP contribution in [0.5, 0.6) is 0 Å². The lowest BCUT2D eigenvalue weighted by Crippen LogP contribution is -2.43. The van der Waals surface area contributed by atoms with Crippen LogP contribution in [0.25, 0.3) is 0 Å². The van der Waals surface area contributed by atoms with E-state index in [0.29, 0.717) is 11.5 Å². The minimum atomic E-state index is -1.42. The van der Waals surface area contributed by atoms with Crippen molar-refractivity contribution in [2.45, 2.75) is 70.7 Å². The molecule has 7 heteroatoms. The molecule has 25 heavy (non-hydrogen) atoms. The van der Waals surface area contributed by atoms with Gasteiger partial charge in [0.2, 0.25) is 0 Å². The third-order valence-corrected chi connectivity index (χ3v) is 4.32. The summed E-state index contributed by atoms with van der Waals surface area (Å²) in [5.41, 5.74) is 1.14. The topological polar surface area (TPSA) is 90.8 Å². The minimum absolute atomic E-state index is 0.179. The number of rotatable bonds is 5. The Balaban J connectivity index is 1.69. The standard InChI is InChI=1S/C18H29BN2O4/c1-18(2,3)25-17(22)21-16-10-8-15(9-11-16)20-12-13-4-6-14(7-5-13)19(23)24/h4-7,15-16,20,23-24H,8-12H2,1-3H3,(H,21,22). The van der Waals surface area contributed by atoms with E-state index in [1.165, 1.54) is 0 Å². The number of carbonyl (C=O) groups excluding carboxylic acids is 1. The zero-order chi connectivity index (χ0) is 18.4. The van der Waals surface area contributed by atoms with Crippen LogP contribution in [-0.2, 0) is 11.3 Å². The molecule has 1 aromatic carbocycles. The fourth-order valence-corrected chi connectivity index (χ4v) is 2.99. The molecule has 1 aliphatic carbocycles. The molecule has 0 aromatic heterocycles. The molecule has 0 aliphatic heterocycles. The Morgan fingerprint density at radius 2 is 1.68 bits per heavy atom. The highest BCUT2D eigenvalue weighted by Crippen LogP contribution is 2.19. The van der Waals surface area contributed by atoms with Crippen LogP contribution in [0.2, 0.25) is 0 Å². The Kier molecular flexibility index (Phi) is 6.87. The molecule has 1 aromatic rings. The van der Waals surface area contributed by atoms with Crippen molar-refractivity contribution in [2.75, 3.05) is 0 Å². The maximum atomic E-state index is 11.8. The molecule has 6 nitrogen and oxygen atoms in total. The first-order valence-electron chi connectivity index (χ1n) is 8.91. The third kappa shape index (κ3) is 7.06. The van der Waals surface area contributed by atoms with Crippen LogP contribution in [0.1, 0.15) is 52.0 Å². The van der Waals surface area contributed by atoms with Crippen molar-refractivity contribution in [1.82, 2.24) is 10.6 Å². The summed E-state index contributed by atoms with van der Waals surface area (Å²) in [7, 11) is -1.42. The van der Waals surface area contributed by atoms with E-state index in [0.717, 1.165) is 37.8 Å². The number of hydrogen-bond acceptors (Lipinski definition) is 5. The molecular weight excluding hydrogens is 319 g/mol. The lowest BCUT2D eigenvalue weighted by molar-refractivity contribution is 0.0489. The molecule has 1 aliphatic rings. The normalized spacial score (nSPS) is 20.8. The summed E-state index contributed by atoms with van der Waals surface area (Å²) in [5, 5.41) is 24.7. The number of benzene rings is 1. The van der Waals surface area contributed by atoms with Crippen molar-refractivity contribution in [1.29, 1.82) is 0 Å². The highest BCUT2D eigenvalue weighted by atomic mass is 16.6. The zero-order valence-electron chi connectivity index (χ0n) is 15.3. The van der Waals surface area contributed by atoms with Crippen molar-refractivity contribution in [3.05, 3.63) is 29.8 Å². The second kappa shape index (κ2) is 8.69. The van der Waals surface area contributed by atoms with Gasteiger partial charge in [0, 0.05) is 18.6 Å². The van der Waals surface area contributed by atoms with E-state index in [2.05, 4.69) is 10.6 Å². The van der Waals surface area contributed by atoms with Gasteiger partial charge in [-0.1, -0.05) is 24.3 Å². The smallest absolute Gasteiger partial charge is 0.444 e. The highest BCUT2D eigenvalue weighted by molar-refractivity contribution is 6.58. The van der Waals surface area contributed by atoms with Gasteiger partial charge in [0.1, 0.15) is 5.60 Å². The van der Waals surface area contributed by atoms with Crippen molar-refractivity contribution in [3.63, 3.8) is 0 Å². The quantitative estimate of drug-likeness (QED) is 0.602. The van der Waals surface area contributed by atoms with Crippen LogP contribution in [0, 0.1) is 0 Å². The molecule has 0 bridgehead atoms. The van der Waals surface area contributed by atoms with Crippen LogP contribution in [0.3, 0.4) is 0 Å². The first-order valence-corrected chi connectivity index (χ1v) is 8.91. The van der Waals surface area contributed by atoms with Gasteiger partial charge in [-0.3, -0.25) is 0 Å². The third-order valence-electron chi connectivity index (χ3n) is 4.32. The van der Waals surface area contributed by atoms with Crippen LogP contribution in [-0.4, -0.2) is 40.9 Å². The van der Waals surface area contributed by atoms with Gasteiger partial charge in [0.05, 0.1) is 0 Å². The van der Waals surface area contributed by atoms with Gasteiger partial charge < -0.3 is 25.4 Å². The average Bonchev–Trinajstić information content (AvgIpc) is 2.53. The molecule has 138 valence electrons. The molecule has 4 N–H and O–H groups in total. The lowest BCUT2D eigenvalue weighted by atomic mass is 9.80. The highest BCUT2D eigenvalue weighted by Gasteiger charge is 2.24. The molecule has 1 saturated carbocycles. The van der Waals surface area contributed by atoms with Gasteiger partial charge in [-0.05, 0) is 57.5 Å². The summed E-state index contributed by atoms with van der Waals surface area (Å²) in [6, 6.07) is 7.86. The van der Waals surface area contributed by atoms with Crippen molar-refractivity contribution < 1.29 is 19.6 Å². The average molecular weight is 348 g/mol. The van der Waals surface area contributed by atoms with Crippen molar-refractivity contribution in [3.8, 4) is 0 Å². The maximum Gasteiger partial charge on any atom is 0.488 e. The number of ether oxygens (including phenoxy) is 1. The van der Waals surface area contributed by atoms with E-state index in [1.54, 1.807) is 12.1 Å². The van der Waals surface area contributed by atoms with E-state index in [4.69, 9.17) is 14.8 Å². The van der Waals surface area contributed by atoms with Gasteiger partial charge in [-0.25, -0.2) is 4.79 Å². The van der Waals surface area contributed by atoms with Crippen LogP contribution >= 0.6 is 0 Å². The first kappa shape index (κ1) is 19.8. The van der Waals surface area contributed by atoms with E-state index in [1.807, 2.05) is 32.9 Å². The summed E-state index contributed by atoms with van der Waals surface area (Å²) in [6.07, 6.45) is 3.55. The minimum Gasteiger partial charge on any atom is -0.444 e. The van der Waals surface area contributed by atoms with Gasteiger partial charge >= 0.3 is 13.2 Å². The number of carbonyl (C=O) groups is 1. The van der Waals surface area contributed by atoms with Crippen molar-refractivity contribution >= 4 is 18.7 Å². The molecule has 2 rings (SSSR count). The molecule has 0 unspecified atom stereocenters. The predicted octanol–water partition coefficient (Wildman–Crippen LogP) is 1.29. The van der Waals surface area contributed by atoms with E-state index in [9.17, 15) is 4.79 Å². The summed E-state index contributed by atoms with van der Waals surface area (Å²) in [4.78, 5) is 11.8. The fraction of sp³-hybridized carbons (Fsp3) is 0.611. The summed E-state index contributed by atoms with van der Waals surface area (Å²) in [6.45, 7) is 6.33. The number of alkyl carbamates (subject to hydrolysis) is 1. The summed E-state index contributed by atoms with van der Waals surface area (Å²) in [5.74, 6) is 0. The SMILES string of the molecule is CC(C)(C)OC(=O)NC1CCC(NCc2ccc(B(O)O)cc2)CC1. The molecule has 0 radical (unpaired) electrons. The molecule has 0 heterocycles. The molecular formula is C18H29BN2O4. The van der Waals surface area contributed by atoms with Crippen LogP contribution in [0.4, 0.5) is 4.79 Å². The molecule has 1 amide bonds.